The Morgan fingerprint density at radius 3 is 2.35 bits per heavy atom. The molecule has 0 unspecified atom stereocenters. The van der Waals surface area contributed by atoms with Crippen LogP contribution in [0.3, 0.4) is 0 Å². The number of hydrogen-bond donors (Lipinski definition) is 2. The number of ether oxygens (including phenoxy) is 1. The van der Waals surface area contributed by atoms with Crippen molar-refractivity contribution >= 4 is 5.91 Å². The number of nitrogens with one attached hydrogen (secondary N) is 1. The van der Waals surface area contributed by atoms with E-state index in [-0.39, 0.29) is 5.75 Å². The minimum atomic E-state index is -3.39. The lowest BCUT2D eigenvalue weighted by atomic mass is 10.1. The first-order valence-corrected chi connectivity index (χ1v) is 5.88. The molecule has 0 heterocycles. The van der Waals surface area contributed by atoms with Crippen molar-refractivity contribution in [3.05, 3.63) is 30.1 Å². The van der Waals surface area contributed by atoms with Crippen LogP contribution >= 0.6 is 0 Å². The third-order valence-electron chi connectivity index (χ3n) is 2.47. The lowest BCUT2D eigenvalue weighted by molar-refractivity contribution is -0.136. The fourth-order valence-electron chi connectivity index (χ4n) is 1.32. The number of carbonyl (C=O) groups is 1. The summed E-state index contributed by atoms with van der Waals surface area (Å²) in [6.07, 6.45) is 0. The molecule has 0 aliphatic heterocycles. The molecule has 1 aromatic rings. The van der Waals surface area contributed by atoms with Crippen LogP contribution in [0.2, 0.25) is 0 Å². The quantitative estimate of drug-likeness (QED) is 0.839. The lowest BCUT2D eigenvalue weighted by Crippen LogP contribution is -2.50. The van der Waals surface area contributed by atoms with Crippen LogP contribution in [-0.4, -0.2) is 35.7 Å². The zero-order valence-electron chi connectivity index (χ0n) is 11.1. The van der Waals surface area contributed by atoms with Gasteiger partial charge in [0.15, 0.2) is 5.60 Å². The van der Waals surface area contributed by atoms with E-state index in [1.807, 2.05) is 5.32 Å². The van der Waals surface area contributed by atoms with Gasteiger partial charge in [-0.1, -0.05) is 0 Å². The van der Waals surface area contributed by atoms with Crippen molar-refractivity contribution in [3.8, 4) is 5.75 Å². The second kappa shape index (κ2) is 6.13. The van der Waals surface area contributed by atoms with Gasteiger partial charge in [-0.2, -0.15) is 0 Å². The molecular weight excluding hydrogens is 275 g/mol. The molecule has 1 aromatic carbocycles. The Labute approximate surface area is 114 Å². The number of benzene rings is 1. The van der Waals surface area contributed by atoms with E-state index in [9.17, 15) is 18.0 Å². The summed E-state index contributed by atoms with van der Waals surface area (Å²) in [6.45, 7) is 0.441. The number of amides is 1. The zero-order valence-corrected chi connectivity index (χ0v) is 11.1. The molecular formula is C13H16F3NO3. The van der Waals surface area contributed by atoms with Gasteiger partial charge in [0.25, 0.3) is 11.8 Å². The standard InChI is InChI=1S/C13H16F3NO3/c1-12(2,11(19)17-7-13(15,16)8-18)20-10-5-3-9(14)4-6-10/h3-6,18H,7-8H2,1-2H3,(H,17,19). The molecule has 112 valence electrons. The summed E-state index contributed by atoms with van der Waals surface area (Å²) >= 11 is 0. The number of alkyl halides is 2. The highest BCUT2D eigenvalue weighted by atomic mass is 19.3. The number of rotatable bonds is 6. The molecule has 0 radical (unpaired) electrons. The van der Waals surface area contributed by atoms with Gasteiger partial charge in [-0.05, 0) is 38.1 Å². The van der Waals surface area contributed by atoms with Gasteiger partial charge in [-0.25, -0.2) is 13.2 Å². The highest BCUT2D eigenvalue weighted by Crippen LogP contribution is 2.19. The Morgan fingerprint density at radius 2 is 1.85 bits per heavy atom. The summed E-state index contributed by atoms with van der Waals surface area (Å²) in [5.74, 6) is -4.38. The maximum atomic E-state index is 12.8. The highest BCUT2D eigenvalue weighted by Gasteiger charge is 2.34. The van der Waals surface area contributed by atoms with Crippen LogP contribution in [0.4, 0.5) is 13.2 Å². The van der Waals surface area contributed by atoms with Crippen molar-refractivity contribution < 1.29 is 27.8 Å². The molecule has 0 aliphatic carbocycles. The third kappa shape index (κ3) is 4.73. The lowest BCUT2D eigenvalue weighted by Gasteiger charge is -2.26. The Morgan fingerprint density at radius 1 is 1.30 bits per heavy atom. The second-order valence-corrected chi connectivity index (χ2v) is 4.76. The molecule has 0 fully saturated rings. The number of aliphatic hydroxyl groups excluding tert-OH is 1. The number of aliphatic hydroxyl groups is 1. The van der Waals surface area contributed by atoms with Crippen LogP contribution in [0.25, 0.3) is 0 Å². The molecule has 20 heavy (non-hydrogen) atoms. The predicted molar refractivity (Wildman–Crippen MR) is 66.1 cm³/mol. The minimum Gasteiger partial charge on any atom is -0.478 e. The van der Waals surface area contributed by atoms with E-state index in [2.05, 4.69) is 0 Å². The predicted octanol–water partition coefficient (Wildman–Crippen LogP) is 1.73. The maximum absolute atomic E-state index is 12.8. The molecule has 0 spiro atoms. The fraction of sp³-hybridized carbons (Fsp3) is 0.462. The first kappa shape index (κ1) is 16.3. The summed E-state index contributed by atoms with van der Waals surface area (Å²) in [4.78, 5) is 11.8. The highest BCUT2D eigenvalue weighted by molar-refractivity contribution is 5.84. The molecule has 0 bridgehead atoms. The Balaban J connectivity index is 2.63. The van der Waals surface area contributed by atoms with E-state index in [0.717, 1.165) is 12.1 Å². The van der Waals surface area contributed by atoms with Crippen molar-refractivity contribution in [1.29, 1.82) is 0 Å². The molecule has 0 saturated carbocycles. The average molecular weight is 291 g/mol. The van der Waals surface area contributed by atoms with Crippen LogP contribution < -0.4 is 10.1 Å². The summed E-state index contributed by atoms with van der Waals surface area (Å²) in [5, 5.41) is 10.4. The van der Waals surface area contributed by atoms with E-state index >= 15 is 0 Å². The first-order chi connectivity index (χ1) is 9.16. The average Bonchev–Trinajstić information content (AvgIpc) is 2.38. The normalized spacial score (nSPS) is 12.1. The zero-order chi connectivity index (χ0) is 15.4. The van der Waals surface area contributed by atoms with Gasteiger partial charge < -0.3 is 15.2 Å². The summed E-state index contributed by atoms with van der Waals surface area (Å²) in [7, 11) is 0. The van der Waals surface area contributed by atoms with Crippen molar-refractivity contribution in [2.24, 2.45) is 0 Å². The molecule has 4 nitrogen and oxygen atoms in total. The minimum absolute atomic E-state index is 0.237. The van der Waals surface area contributed by atoms with Crippen molar-refractivity contribution in [3.63, 3.8) is 0 Å². The SMILES string of the molecule is CC(C)(Oc1ccc(F)cc1)C(=O)NCC(F)(F)CO. The molecule has 0 atom stereocenters. The molecule has 2 N–H and O–H groups in total. The Kier molecular flexibility index (Phi) is 4.99. The smallest absolute Gasteiger partial charge is 0.287 e. The van der Waals surface area contributed by atoms with Crippen LogP contribution in [0.15, 0.2) is 24.3 Å². The van der Waals surface area contributed by atoms with Crippen molar-refractivity contribution in [2.45, 2.75) is 25.4 Å². The van der Waals surface area contributed by atoms with Crippen LogP contribution in [0.5, 0.6) is 5.75 Å². The van der Waals surface area contributed by atoms with Crippen LogP contribution in [0.1, 0.15) is 13.8 Å². The fourth-order valence-corrected chi connectivity index (χ4v) is 1.32. The largest absolute Gasteiger partial charge is 0.478 e. The van der Waals surface area contributed by atoms with Crippen molar-refractivity contribution in [2.75, 3.05) is 13.2 Å². The molecule has 1 rings (SSSR count). The molecule has 7 heteroatoms. The number of halogens is 3. The van der Waals surface area contributed by atoms with Gasteiger partial charge in [0.2, 0.25) is 0 Å². The summed E-state index contributed by atoms with van der Waals surface area (Å²) in [5.41, 5.74) is -1.41. The molecule has 1 amide bonds. The third-order valence-corrected chi connectivity index (χ3v) is 2.47. The molecule has 0 aliphatic rings. The van der Waals surface area contributed by atoms with E-state index in [0.29, 0.717) is 0 Å². The molecule has 0 saturated heterocycles. The van der Waals surface area contributed by atoms with Crippen LogP contribution in [-0.2, 0) is 4.79 Å². The maximum Gasteiger partial charge on any atom is 0.287 e. The number of carbonyl (C=O) groups excluding carboxylic acids is 1. The van der Waals surface area contributed by atoms with Crippen LogP contribution in [0, 0.1) is 5.82 Å². The van der Waals surface area contributed by atoms with Gasteiger partial charge in [-0.15, -0.1) is 0 Å². The second-order valence-electron chi connectivity index (χ2n) is 4.76. The van der Waals surface area contributed by atoms with Gasteiger partial charge in [-0.3, -0.25) is 4.79 Å². The Hall–Kier alpha value is -1.76. The van der Waals surface area contributed by atoms with Gasteiger partial charge >= 0.3 is 0 Å². The molecule has 0 aromatic heterocycles. The van der Waals surface area contributed by atoms with Gasteiger partial charge in [0.05, 0.1) is 6.54 Å². The number of hydrogen-bond acceptors (Lipinski definition) is 3. The van der Waals surface area contributed by atoms with E-state index < -0.39 is 36.4 Å². The summed E-state index contributed by atoms with van der Waals surface area (Å²) in [6, 6.07) is 4.96. The monoisotopic (exact) mass is 291 g/mol. The topological polar surface area (TPSA) is 58.6 Å². The van der Waals surface area contributed by atoms with Crippen molar-refractivity contribution in [1.82, 2.24) is 5.32 Å². The van der Waals surface area contributed by atoms with E-state index in [1.54, 1.807) is 0 Å². The Bertz CT molecular complexity index is 460. The van der Waals surface area contributed by atoms with E-state index in [1.165, 1.54) is 26.0 Å². The van der Waals surface area contributed by atoms with Gasteiger partial charge in [0.1, 0.15) is 18.2 Å². The van der Waals surface area contributed by atoms with E-state index in [4.69, 9.17) is 9.84 Å². The summed E-state index contributed by atoms with van der Waals surface area (Å²) < 4.78 is 43.7. The van der Waals surface area contributed by atoms with Gasteiger partial charge in [0, 0.05) is 0 Å². The first-order valence-electron chi connectivity index (χ1n) is 5.88.